The highest BCUT2D eigenvalue weighted by atomic mass is 16.6. The standard InChI is InChI=1S/C24H33NO8/c1-2-17-21(33-24(29)16-11-7-4-8-12-16)22(20(27)19(14-26)31-17)32-18(23(28)25-30)13-15-9-5-3-6-10-15/h4,7-8,11-13,15,17,19-22,26-27,30H,2-3,5-6,9-10,14H2,1H3,(H,25,28)/b18-13-. The van der Waals surface area contributed by atoms with Crippen LogP contribution in [0.25, 0.3) is 0 Å². The van der Waals surface area contributed by atoms with E-state index in [1.807, 2.05) is 6.92 Å². The van der Waals surface area contributed by atoms with Gasteiger partial charge in [-0.1, -0.05) is 44.4 Å². The first kappa shape index (κ1) is 25.2. The van der Waals surface area contributed by atoms with Gasteiger partial charge in [-0.15, -0.1) is 0 Å². The van der Waals surface area contributed by atoms with Crippen LogP contribution in [-0.2, 0) is 19.0 Å². The molecule has 0 aromatic heterocycles. The Kier molecular flexibility index (Phi) is 9.25. The van der Waals surface area contributed by atoms with Gasteiger partial charge in [0.2, 0.25) is 0 Å². The number of aliphatic hydroxyl groups excluding tert-OH is 2. The van der Waals surface area contributed by atoms with Gasteiger partial charge in [0.25, 0.3) is 0 Å². The van der Waals surface area contributed by atoms with Gasteiger partial charge in [0.15, 0.2) is 18.0 Å². The molecule has 3 rings (SSSR count). The van der Waals surface area contributed by atoms with E-state index in [9.17, 15) is 25.0 Å². The van der Waals surface area contributed by atoms with Gasteiger partial charge in [0.1, 0.15) is 12.2 Å². The summed E-state index contributed by atoms with van der Waals surface area (Å²) >= 11 is 0. The number of nitrogens with one attached hydrogen (secondary N) is 1. The van der Waals surface area contributed by atoms with Crippen molar-refractivity contribution in [2.75, 3.05) is 6.61 Å². The van der Waals surface area contributed by atoms with Crippen LogP contribution in [0.5, 0.6) is 0 Å². The van der Waals surface area contributed by atoms with Crippen molar-refractivity contribution in [1.82, 2.24) is 5.48 Å². The maximum Gasteiger partial charge on any atom is 0.338 e. The molecular weight excluding hydrogens is 430 g/mol. The Bertz CT molecular complexity index is 808. The number of hydroxylamine groups is 1. The van der Waals surface area contributed by atoms with Crippen molar-refractivity contribution in [2.45, 2.75) is 76.0 Å². The molecule has 9 nitrogen and oxygen atoms in total. The van der Waals surface area contributed by atoms with Crippen LogP contribution in [0.4, 0.5) is 0 Å². The third-order valence-corrected chi connectivity index (χ3v) is 6.22. The highest BCUT2D eigenvalue weighted by Crippen LogP contribution is 2.31. The summed E-state index contributed by atoms with van der Waals surface area (Å²) in [5.74, 6) is -1.57. The number of benzene rings is 1. The van der Waals surface area contributed by atoms with E-state index >= 15 is 0 Å². The fourth-order valence-electron chi connectivity index (χ4n) is 4.41. The molecule has 9 heteroatoms. The summed E-state index contributed by atoms with van der Waals surface area (Å²) in [4.78, 5) is 25.2. The lowest BCUT2D eigenvalue weighted by Crippen LogP contribution is -2.60. The fraction of sp³-hybridized carbons (Fsp3) is 0.583. The summed E-state index contributed by atoms with van der Waals surface area (Å²) in [6.45, 7) is 1.33. The Labute approximate surface area is 193 Å². The van der Waals surface area contributed by atoms with E-state index in [4.69, 9.17) is 14.2 Å². The Morgan fingerprint density at radius 1 is 1.09 bits per heavy atom. The van der Waals surface area contributed by atoms with Crippen LogP contribution >= 0.6 is 0 Å². The average molecular weight is 464 g/mol. The molecule has 1 aliphatic carbocycles. The summed E-state index contributed by atoms with van der Waals surface area (Å²) in [7, 11) is 0. The van der Waals surface area contributed by atoms with Crippen LogP contribution in [0.3, 0.4) is 0 Å². The smallest absolute Gasteiger partial charge is 0.338 e. The first-order valence-electron chi connectivity index (χ1n) is 11.5. The monoisotopic (exact) mass is 463 g/mol. The van der Waals surface area contributed by atoms with Gasteiger partial charge in [-0.2, -0.15) is 0 Å². The van der Waals surface area contributed by atoms with E-state index in [1.54, 1.807) is 41.9 Å². The lowest BCUT2D eigenvalue weighted by atomic mass is 9.88. The number of esters is 1. The van der Waals surface area contributed by atoms with Gasteiger partial charge < -0.3 is 24.4 Å². The first-order valence-corrected chi connectivity index (χ1v) is 11.5. The van der Waals surface area contributed by atoms with Gasteiger partial charge >= 0.3 is 11.9 Å². The van der Waals surface area contributed by atoms with Crippen molar-refractivity contribution in [3.63, 3.8) is 0 Å². The van der Waals surface area contributed by atoms with Crippen molar-refractivity contribution in [3.05, 3.63) is 47.7 Å². The van der Waals surface area contributed by atoms with Gasteiger partial charge in [-0.25, -0.2) is 10.3 Å². The van der Waals surface area contributed by atoms with Crippen molar-refractivity contribution in [1.29, 1.82) is 0 Å². The average Bonchev–Trinajstić information content (AvgIpc) is 2.86. The number of allylic oxidation sites excluding steroid dienone is 1. The summed E-state index contributed by atoms with van der Waals surface area (Å²) < 4.78 is 17.4. The molecule has 2 aliphatic rings. The second-order valence-electron chi connectivity index (χ2n) is 8.48. The number of carbonyl (C=O) groups excluding carboxylic acids is 2. The lowest BCUT2D eigenvalue weighted by Gasteiger charge is -2.43. The highest BCUT2D eigenvalue weighted by Gasteiger charge is 2.49. The normalized spacial score (nSPS) is 28.7. The number of amides is 1. The maximum atomic E-state index is 12.8. The van der Waals surface area contributed by atoms with Gasteiger partial charge in [-0.3, -0.25) is 10.0 Å². The van der Waals surface area contributed by atoms with E-state index in [1.165, 1.54) is 0 Å². The van der Waals surface area contributed by atoms with Crippen LogP contribution in [0.2, 0.25) is 0 Å². The topological polar surface area (TPSA) is 135 Å². The third-order valence-electron chi connectivity index (χ3n) is 6.22. The summed E-state index contributed by atoms with van der Waals surface area (Å²) in [6.07, 6.45) is 1.69. The molecular formula is C24H33NO8. The largest absolute Gasteiger partial charge is 0.478 e. The number of aliphatic hydroxyl groups is 2. The molecule has 5 atom stereocenters. The summed E-state index contributed by atoms with van der Waals surface area (Å²) in [6, 6.07) is 8.37. The minimum Gasteiger partial charge on any atom is -0.478 e. The predicted octanol–water partition coefficient (Wildman–Crippen LogP) is 2.10. The molecule has 1 aromatic carbocycles. The number of hydrogen-bond donors (Lipinski definition) is 4. The zero-order valence-corrected chi connectivity index (χ0v) is 18.8. The van der Waals surface area contributed by atoms with E-state index in [0.29, 0.717) is 12.0 Å². The van der Waals surface area contributed by atoms with Gasteiger partial charge in [0, 0.05) is 0 Å². The van der Waals surface area contributed by atoms with Gasteiger partial charge in [0.05, 0.1) is 18.3 Å². The molecule has 5 unspecified atom stereocenters. The van der Waals surface area contributed by atoms with E-state index < -0.39 is 49.0 Å². The molecule has 0 spiro atoms. The molecule has 1 amide bonds. The second-order valence-corrected chi connectivity index (χ2v) is 8.48. The number of hydrogen-bond acceptors (Lipinski definition) is 8. The van der Waals surface area contributed by atoms with E-state index in [0.717, 1.165) is 32.1 Å². The SMILES string of the molecule is CCC1OC(CO)C(O)C(O/C(=C\C2CCCCC2)C(=O)NO)C1OC(=O)c1ccccc1. The van der Waals surface area contributed by atoms with Crippen LogP contribution in [0.15, 0.2) is 42.2 Å². The Morgan fingerprint density at radius 3 is 2.39 bits per heavy atom. The molecule has 1 aliphatic heterocycles. The van der Waals surface area contributed by atoms with E-state index in [-0.39, 0.29) is 11.7 Å². The molecule has 1 heterocycles. The van der Waals surface area contributed by atoms with Crippen LogP contribution in [0.1, 0.15) is 55.8 Å². The lowest BCUT2D eigenvalue weighted by molar-refractivity contribution is -0.233. The molecule has 33 heavy (non-hydrogen) atoms. The number of rotatable bonds is 8. The molecule has 1 saturated heterocycles. The van der Waals surface area contributed by atoms with Crippen LogP contribution < -0.4 is 5.48 Å². The van der Waals surface area contributed by atoms with Crippen molar-refractivity contribution in [3.8, 4) is 0 Å². The van der Waals surface area contributed by atoms with Crippen LogP contribution in [-0.4, -0.2) is 64.4 Å². The molecule has 0 radical (unpaired) electrons. The number of carbonyl (C=O) groups is 2. The molecule has 2 fully saturated rings. The van der Waals surface area contributed by atoms with Crippen molar-refractivity contribution < 1.29 is 39.2 Å². The maximum absolute atomic E-state index is 12.8. The molecule has 1 saturated carbocycles. The van der Waals surface area contributed by atoms with Crippen molar-refractivity contribution >= 4 is 11.9 Å². The fourth-order valence-corrected chi connectivity index (χ4v) is 4.41. The Morgan fingerprint density at radius 2 is 1.79 bits per heavy atom. The molecule has 0 bridgehead atoms. The molecule has 1 aromatic rings. The zero-order valence-electron chi connectivity index (χ0n) is 18.8. The molecule has 182 valence electrons. The summed E-state index contributed by atoms with van der Waals surface area (Å²) in [5.41, 5.74) is 1.90. The first-order chi connectivity index (χ1) is 16.0. The second kappa shape index (κ2) is 12.1. The third kappa shape index (κ3) is 6.32. The quantitative estimate of drug-likeness (QED) is 0.151. The minimum atomic E-state index is -1.38. The molecule has 4 N–H and O–H groups in total. The number of ether oxygens (including phenoxy) is 3. The predicted molar refractivity (Wildman–Crippen MR) is 117 cm³/mol. The Hall–Kier alpha value is -2.46. The Balaban J connectivity index is 1.89. The van der Waals surface area contributed by atoms with Gasteiger partial charge in [-0.05, 0) is 43.4 Å². The zero-order chi connectivity index (χ0) is 23.8. The highest BCUT2D eigenvalue weighted by molar-refractivity contribution is 5.90. The van der Waals surface area contributed by atoms with Crippen molar-refractivity contribution in [2.24, 2.45) is 5.92 Å². The van der Waals surface area contributed by atoms with E-state index in [2.05, 4.69) is 0 Å². The summed E-state index contributed by atoms with van der Waals surface area (Å²) in [5, 5.41) is 29.8. The van der Waals surface area contributed by atoms with Crippen LogP contribution in [0, 0.1) is 5.92 Å². The minimum absolute atomic E-state index is 0.0870.